The Morgan fingerprint density at radius 2 is 1.74 bits per heavy atom. The average Bonchev–Trinajstić information content (AvgIpc) is 3.69. The fourth-order valence-electron chi connectivity index (χ4n) is 5.70. The van der Waals surface area contributed by atoms with Gasteiger partial charge in [0.05, 0.1) is 13.7 Å². The number of hydrogen-bond donors (Lipinski definition) is 1. The van der Waals surface area contributed by atoms with E-state index in [-0.39, 0.29) is 28.6 Å². The average molecular weight is 561 g/mol. The van der Waals surface area contributed by atoms with Gasteiger partial charge in [0, 0.05) is 30.6 Å². The molecule has 2 amide bonds. The van der Waals surface area contributed by atoms with Gasteiger partial charge in [-0.2, -0.15) is 4.72 Å². The van der Waals surface area contributed by atoms with Gasteiger partial charge in [-0.25, -0.2) is 8.42 Å². The fourth-order valence-corrected chi connectivity index (χ4v) is 8.25. The number of piperidine rings is 1. The molecule has 11 heteroatoms. The summed E-state index contributed by atoms with van der Waals surface area (Å²) in [6.45, 7) is 4.29. The Labute approximate surface area is 228 Å². The number of sulfonamides is 1. The van der Waals surface area contributed by atoms with Crippen LogP contribution in [-0.2, 0) is 19.6 Å². The van der Waals surface area contributed by atoms with Crippen LogP contribution in [0.1, 0.15) is 38.5 Å². The van der Waals surface area contributed by atoms with E-state index in [2.05, 4.69) is 9.62 Å². The molecular weight excluding hydrogens is 524 g/mol. The van der Waals surface area contributed by atoms with Crippen LogP contribution in [0.3, 0.4) is 0 Å². The smallest absolute Gasteiger partial charge is 0.250 e. The topological polar surface area (TPSA) is 99.3 Å². The van der Waals surface area contributed by atoms with Crippen LogP contribution >= 0.6 is 11.3 Å². The zero-order chi connectivity index (χ0) is 26.7. The minimum Gasteiger partial charge on any atom is -0.497 e. The molecule has 38 heavy (non-hydrogen) atoms. The van der Waals surface area contributed by atoms with Gasteiger partial charge in [-0.15, -0.1) is 11.3 Å². The number of rotatable bonds is 9. The number of carbonyl (C=O) groups is 2. The van der Waals surface area contributed by atoms with Crippen molar-refractivity contribution in [3.8, 4) is 16.2 Å². The molecule has 3 fully saturated rings. The lowest BCUT2D eigenvalue weighted by molar-refractivity contribution is -0.143. The van der Waals surface area contributed by atoms with Gasteiger partial charge in [-0.3, -0.25) is 9.59 Å². The van der Waals surface area contributed by atoms with Gasteiger partial charge >= 0.3 is 0 Å². The Morgan fingerprint density at radius 1 is 1.00 bits per heavy atom. The quantitative estimate of drug-likeness (QED) is 0.507. The Kier molecular flexibility index (Phi) is 8.37. The van der Waals surface area contributed by atoms with Crippen molar-refractivity contribution in [1.29, 1.82) is 0 Å². The molecule has 3 aliphatic rings. The summed E-state index contributed by atoms with van der Waals surface area (Å²) < 4.78 is 34.3. The molecule has 0 saturated carbocycles. The first-order valence-corrected chi connectivity index (χ1v) is 15.7. The van der Waals surface area contributed by atoms with Crippen LogP contribution in [0.25, 0.3) is 10.4 Å². The van der Waals surface area contributed by atoms with E-state index in [4.69, 9.17) is 4.74 Å². The van der Waals surface area contributed by atoms with E-state index in [1.54, 1.807) is 19.2 Å². The van der Waals surface area contributed by atoms with Gasteiger partial charge in [-0.1, -0.05) is 0 Å². The van der Waals surface area contributed by atoms with E-state index < -0.39 is 16.1 Å². The van der Waals surface area contributed by atoms with E-state index in [0.29, 0.717) is 19.4 Å². The number of nitrogens with zero attached hydrogens (tertiary/aromatic N) is 3. The summed E-state index contributed by atoms with van der Waals surface area (Å²) in [6.07, 6.45) is 5.48. The summed E-state index contributed by atoms with van der Waals surface area (Å²) in [5.41, 5.74) is 0.889. The number of likely N-dealkylation sites (tertiary alicyclic amines) is 3. The number of benzene rings is 1. The largest absolute Gasteiger partial charge is 0.497 e. The summed E-state index contributed by atoms with van der Waals surface area (Å²) in [5, 5.41) is 0. The van der Waals surface area contributed by atoms with E-state index >= 15 is 0 Å². The third-order valence-electron chi connectivity index (χ3n) is 7.74. The molecule has 3 aliphatic heterocycles. The normalized spacial score (nSPS) is 22.8. The minimum absolute atomic E-state index is 0.00812. The van der Waals surface area contributed by atoms with Gasteiger partial charge < -0.3 is 19.4 Å². The van der Waals surface area contributed by atoms with Crippen molar-refractivity contribution >= 4 is 33.2 Å². The Bertz CT molecular complexity index is 1240. The predicted molar refractivity (Wildman–Crippen MR) is 147 cm³/mol. The first-order valence-electron chi connectivity index (χ1n) is 13.4. The van der Waals surface area contributed by atoms with Gasteiger partial charge in [0.2, 0.25) is 11.8 Å². The molecule has 3 saturated heterocycles. The van der Waals surface area contributed by atoms with Crippen LogP contribution < -0.4 is 9.46 Å². The van der Waals surface area contributed by atoms with Crippen molar-refractivity contribution in [2.24, 2.45) is 0 Å². The molecule has 1 N–H and O–H groups in total. The number of hydrogen-bond acceptors (Lipinski definition) is 7. The number of carbonyl (C=O) groups excluding carboxylic acids is 2. The highest BCUT2D eigenvalue weighted by Crippen LogP contribution is 2.32. The van der Waals surface area contributed by atoms with Gasteiger partial charge in [0.1, 0.15) is 16.0 Å². The molecule has 0 bridgehead atoms. The summed E-state index contributed by atoms with van der Waals surface area (Å²) in [4.78, 5) is 33.2. The number of methoxy groups -OCH3 is 1. The lowest BCUT2D eigenvalue weighted by atomic mass is 10.1. The zero-order valence-electron chi connectivity index (χ0n) is 21.8. The molecule has 5 rings (SSSR count). The Balaban J connectivity index is 1.20. The van der Waals surface area contributed by atoms with Crippen LogP contribution in [0, 0.1) is 0 Å². The summed E-state index contributed by atoms with van der Waals surface area (Å²) in [6, 6.07) is 10.1. The molecule has 2 atom stereocenters. The van der Waals surface area contributed by atoms with Crippen LogP contribution in [0.15, 0.2) is 40.6 Å². The number of thiophene rings is 1. The first-order chi connectivity index (χ1) is 18.3. The number of amides is 2. The zero-order valence-corrected chi connectivity index (χ0v) is 23.4. The molecule has 0 aliphatic carbocycles. The maximum Gasteiger partial charge on any atom is 0.250 e. The fraction of sp³-hybridized carbons (Fsp3) is 0.556. The van der Waals surface area contributed by atoms with Gasteiger partial charge in [0.25, 0.3) is 10.0 Å². The first kappa shape index (κ1) is 27.1. The SMILES string of the molecule is COc1ccc(-c2ccc(S(=O)(=O)NC3CCCN(CC(=O)N4CCCC4CN4CCCC4)C3=O)s2)cc1. The molecule has 2 aromatic rings. The second-order valence-corrected chi connectivity index (χ2v) is 13.3. The number of ether oxygens (including phenoxy) is 1. The standard InChI is InChI=1S/C27H36N4O5S2/c1-36-22-10-8-20(9-11-22)24-12-13-26(37-24)38(34,35)28-23-7-5-16-30(27(23)33)19-25(32)31-17-4-6-21(31)18-29-14-2-3-15-29/h8-13,21,23,28H,2-7,14-19H2,1H3. The summed E-state index contributed by atoms with van der Waals surface area (Å²) >= 11 is 1.16. The van der Waals surface area contributed by atoms with Gasteiger partial charge in [-0.05, 0) is 93.6 Å². The van der Waals surface area contributed by atoms with E-state index in [0.717, 1.165) is 66.5 Å². The molecule has 4 heterocycles. The van der Waals surface area contributed by atoms with Crippen LogP contribution in [-0.4, -0.2) is 93.4 Å². The van der Waals surface area contributed by atoms with Crippen molar-refractivity contribution in [3.05, 3.63) is 36.4 Å². The van der Waals surface area contributed by atoms with Crippen molar-refractivity contribution in [2.45, 2.75) is 54.8 Å². The van der Waals surface area contributed by atoms with E-state index in [9.17, 15) is 18.0 Å². The molecule has 9 nitrogen and oxygen atoms in total. The van der Waals surface area contributed by atoms with Crippen molar-refractivity contribution in [2.75, 3.05) is 46.4 Å². The van der Waals surface area contributed by atoms with Crippen molar-refractivity contribution in [1.82, 2.24) is 19.4 Å². The molecule has 0 spiro atoms. The predicted octanol–water partition coefficient (Wildman–Crippen LogP) is 2.78. The molecule has 2 unspecified atom stereocenters. The molecular formula is C27H36N4O5S2. The van der Waals surface area contributed by atoms with Crippen LogP contribution in [0.2, 0.25) is 0 Å². The van der Waals surface area contributed by atoms with E-state index in [1.807, 2.05) is 29.2 Å². The van der Waals surface area contributed by atoms with Crippen molar-refractivity contribution < 1.29 is 22.7 Å². The number of nitrogens with one attached hydrogen (secondary N) is 1. The molecule has 1 aromatic heterocycles. The highest BCUT2D eigenvalue weighted by molar-refractivity contribution is 7.91. The van der Waals surface area contributed by atoms with E-state index in [1.165, 1.54) is 17.7 Å². The molecule has 0 radical (unpaired) electrons. The maximum atomic E-state index is 13.2. The Morgan fingerprint density at radius 3 is 2.47 bits per heavy atom. The molecule has 1 aromatic carbocycles. The second-order valence-electron chi connectivity index (χ2n) is 10.3. The lowest BCUT2D eigenvalue weighted by Gasteiger charge is -2.34. The summed E-state index contributed by atoms with van der Waals surface area (Å²) in [5.74, 6) is 0.367. The third kappa shape index (κ3) is 6.06. The maximum absolute atomic E-state index is 13.2. The monoisotopic (exact) mass is 560 g/mol. The van der Waals surface area contributed by atoms with Crippen LogP contribution in [0.5, 0.6) is 5.75 Å². The third-order valence-corrected chi connectivity index (χ3v) is 10.8. The summed E-state index contributed by atoms with van der Waals surface area (Å²) in [7, 11) is -2.29. The highest BCUT2D eigenvalue weighted by atomic mass is 32.2. The highest BCUT2D eigenvalue weighted by Gasteiger charge is 2.36. The molecule has 206 valence electrons. The van der Waals surface area contributed by atoms with Gasteiger partial charge in [0.15, 0.2) is 0 Å². The Hall–Kier alpha value is -2.47. The lowest BCUT2D eigenvalue weighted by Crippen LogP contribution is -2.55. The second kappa shape index (κ2) is 11.7. The minimum atomic E-state index is -3.89. The van der Waals surface area contributed by atoms with Crippen molar-refractivity contribution in [3.63, 3.8) is 0 Å². The van der Waals surface area contributed by atoms with Crippen LogP contribution in [0.4, 0.5) is 0 Å².